The highest BCUT2D eigenvalue weighted by atomic mass is 16.2. The van der Waals surface area contributed by atoms with Crippen LogP contribution in [0.2, 0.25) is 0 Å². The van der Waals surface area contributed by atoms with Gasteiger partial charge in [0.1, 0.15) is 0 Å². The van der Waals surface area contributed by atoms with Gasteiger partial charge in [0.05, 0.1) is 17.7 Å². The number of hydrogen-bond donors (Lipinski definition) is 1. The first-order valence-electron chi connectivity index (χ1n) is 12.2. The van der Waals surface area contributed by atoms with Crippen LogP contribution in [0.1, 0.15) is 64.1 Å². The Morgan fingerprint density at radius 1 is 0.706 bits per heavy atom. The monoisotopic (exact) mass is 455 g/mol. The Morgan fingerprint density at radius 2 is 1.24 bits per heavy atom. The zero-order valence-electron chi connectivity index (χ0n) is 20.1. The second-order valence-electron chi connectivity index (χ2n) is 8.89. The van der Waals surface area contributed by atoms with Crippen LogP contribution in [-0.2, 0) is 19.6 Å². The van der Waals surface area contributed by atoms with Crippen LogP contribution in [0.5, 0.6) is 0 Å². The summed E-state index contributed by atoms with van der Waals surface area (Å²) in [6.45, 7) is 8.72. The molecule has 0 saturated heterocycles. The van der Waals surface area contributed by atoms with Gasteiger partial charge >= 0.3 is 0 Å². The molecule has 0 saturated carbocycles. The number of nitrogens with zero attached hydrogens (tertiary/aromatic N) is 2. The lowest BCUT2D eigenvalue weighted by Gasteiger charge is -2.21. The van der Waals surface area contributed by atoms with Crippen molar-refractivity contribution in [2.24, 2.45) is 0 Å². The summed E-state index contributed by atoms with van der Waals surface area (Å²) in [5, 5.41) is 3.48. The number of carbonyl (C=O) groups excluding carboxylic acids is 2. The molecule has 0 unspecified atom stereocenters. The molecule has 0 spiro atoms. The molecule has 3 aromatic carbocycles. The van der Waals surface area contributed by atoms with Crippen LogP contribution in [0.4, 0.5) is 5.69 Å². The van der Waals surface area contributed by atoms with Crippen LogP contribution in [0.25, 0.3) is 0 Å². The molecule has 0 aliphatic carbocycles. The van der Waals surface area contributed by atoms with Crippen LogP contribution in [0, 0.1) is 0 Å². The molecule has 0 aromatic heterocycles. The minimum absolute atomic E-state index is 0.220. The molecule has 0 fully saturated rings. The lowest BCUT2D eigenvalue weighted by atomic mass is 10.1. The van der Waals surface area contributed by atoms with Gasteiger partial charge in [-0.25, -0.2) is 0 Å². The lowest BCUT2D eigenvalue weighted by molar-refractivity contribution is 0.0642. The van der Waals surface area contributed by atoms with Crippen molar-refractivity contribution >= 4 is 17.5 Å². The summed E-state index contributed by atoms with van der Waals surface area (Å²) in [4.78, 5) is 29.0. The fourth-order valence-electron chi connectivity index (χ4n) is 4.42. The number of carbonyl (C=O) groups is 2. The van der Waals surface area contributed by atoms with Gasteiger partial charge in [0, 0.05) is 18.8 Å². The summed E-state index contributed by atoms with van der Waals surface area (Å²) < 4.78 is 0. The molecule has 176 valence electrons. The molecule has 1 heterocycles. The van der Waals surface area contributed by atoms with Crippen molar-refractivity contribution in [1.82, 2.24) is 9.80 Å². The topological polar surface area (TPSA) is 52.6 Å². The molecule has 5 heteroatoms. The molecule has 0 atom stereocenters. The predicted octanol–water partition coefficient (Wildman–Crippen LogP) is 5.72. The number of fused-ring (bicyclic) bond motifs is 1. The van der Waals surface area contributed by atoms with E-state index in [0.717, 1.165) is 36.4 Å². The summed E-state index contributed by atoms with van der Waals surface area (Å²) in [6.07, 6.45) is 2.35. The maximum Gasteiger partial charge on any atom is 0.261 e. The molecule has 0 radical (unpaired) electrons. The van der Waals surface area contributed by atoms with Gasteiger partial charge in [-0.3, -0.25) is 19.4 Å². The summed E-state index contributed by atoms with van der Waals surface area (Å²) in [5.41, 5.74) is 5.49. The lowest BCUT2D eigenvalue weighted by Crippen LogP contribution is -2.29. The van der Waals surface area contributed by atoms with E-state index in [1.165, 1.54) is 23.3 Å². The molecule has 1 aliphatic rings. The van der Waals surface area contributed by atoms with E-state index < -0.39 is 0 Å². The molecule has 1 aliphatic heterocycles. The highest BCUT2D eigenvalue weighted by Crippen LogP contribution is 2.24. The van der Waals surface area contributed by atoms with Gasteiger partial charge in [0.15, 0.2) is 0 Å². The van der Waals surface area contributed by atoms with Crippen LogP contribution >= 0.6 is 0 Å². The Hall–Kier alpha value is -3.44. The van der Waals surface area contributed by atoms with Crippen molar-refractivity contribution < 1.29 is 9.59 Å². The number of benzene rings is 3. The van der Waals surface area contributed by atoms with E-state index in [-0.39, 0.29) is 18.4 Å². The minimum Gasteiger partial charge on any atom is -0.381 e. The van der Waals surface area contributed by atoms with Crippen molar-refractivity contribution in [2.75, 3.05) is 18.4 Å². The molecule has 4 rings (SSSR count). The van der Waals surface area contributed by atoms with E-state index in [4.69, 9.17) is 0 Å². The third kappa shape index (κ3) is 5.54. The summed E-state index contributed by atoms with van der Waals surface area (Å²) >= 11 is 0. The van der Waals surface area contributed by atoms with Gasteiger partial charge < -0.3 is 5.32 Å². The first kappa shape index (κ1) is 23.7. The molecule has 3 aromatic rings. The SMILES string of the molecule is CCCN(CCC)Cc1ccc(NCc2ccc(CN3C(=O)c4ccccc4C3=O)cc2)cc1. The van der Waals surface area contributed by atoms with Crippen LogP contribution < -0.4 is 5.32 Å². The Bertz CT molecular complexity index is 1080. The largest absolute Gasteiger partial charge is 0.381 e. The van der Waals surface area contributed by atoms with Gasteiger partial charge in [-0.2, -0.15) is 0 Å². The second-order valence-corrected chi connectivity index (χ2v) is 8.89. The van der Waals surface area contributed by atoms with Gasteiger partial charge in [-0.1, -0.05) is 62.4 Å². The fraction of sp³-hybridized carbons (Fsp3) is 0.310. The number of rotatable bonds is 11. The summed E-state index contributed by atoms with van der Waals surface area (Å²) in [6, 6.07) is 23.7. The summed E-state index contributed by atoms with van der Waals surface area (Å²) in [5.74, 6) is -0.440. The number of amides is 2. The standard InChI is InChI=1S/C29H33N3O2/c1-3-17-31(18-4-2)20-23-13-15-25(16-14-23)30-19-22-9-11-24(12-10-22)21-32-28(33)26-7-5-6-8-27(26)29(32)34/h5-16,30H,3-4,17-21H2,1-2H3. The highest BCUT2D eigenvalue weighted by molar-refractivity contribution is 6.21. The fourth-order valence-corrected chi connectivity index (χ4v) is 4.42. The Kier molecular flexibility index (Phi) is 7.76. The van der Waals surface area contributed by atoms with E-state index in [0.29, 0.717) is 17.7 Å². The van der Waals surface area contributed by atoms with Crippen molar-refractivity contribution in [1.29, 1.82) is 0 Å². The maximum absolute atomic E-state index is 12.6. The molecular weight excluding hydrogens is 422 g/mol. The number of hydrogen-bond acceptors (Lipinski definition) is 4. The number of imide groups is 1. The third-order valence-electron chi connectivity index (χ3n) is 6.18. The Balaban J connectivity index is 1.30. The van der Waals surface area contributed by atoms with Crippen molar-refractivity contribution in [2.45, 2.75) is 46.3 Å². The van der Waals surface area contributed by atoms with Crippen LogP contribution in [0.15, 0.2) is 72.8 Å². The van der Waals surface area contributed by atoms with Crippen LogP contribution in [0.3, 0.4) is 0 Å². The third-order valence-corrected chi connectivity index (χ3v) is 6.18. The first-order valence-corrected chi connectivity index (χ1v) is 12.2. The van der Waals surface area contributed by atoms with Crippen molar-refractivity contribution in [3.8, 4) is 0 Å². The van der Waals surface area contributed by atoms with E-state index in [1.807, 2.05) is 24.3 Å². The molecule has 1 N–H and O–H groups in total. The maximum atomic E-state index is 12.6. The van der Waals surface area contributed by atoms with Gasteiger partial charge in [0.2, 0.25) is 0 Å². The van der Waals surface area contributed by atoms with Gasteiger partial charge in [-0.05, 0) is 66.9 Å². The second kappa shape index (κ2) is 11.1. The highest BCUT2D eigenvalue weighted by Gasteiger charge is 2.34. The molecule has 5 nitrogen and oxygen atoms in total. The first-order chi connectivity index (χ1) is 16.6. The average Bonchev–Trinajstić information content (AvgIpc) is 3.10. The smallest absolute Gasteiger partial charge is 0.261 e. The zero-order chi connectivity index (χ0) is 23.9. The minimum atomic E-state index is -0.220. The Labute approximate surface area is 202 Å². The normalized spacial score (nSPS) is 13.0. The van der Waals surface area contributed by atoms with E-state index in [9.17, 15) is 9.59 Å². The molecule has 34 heavy (non-hydrogen) atoms. The Morgan fingerprint density at radius 3 is 1.79 bits per heavy atom. The number of nitrogens with one attached hydrogen (secondary N) is 1. The van der Waals surface area contributed by atoms with Crippen molar-refractivity contribution in [3.05, 3.63) is 101 Å². The van der Waals surface area contributed by atoms with Crippen molar-refractivity contribution in [3.63, 3.8) is 0 Å². The van der Waals surface area contributed by atoms with Gasteiger partial charge in [-0.15, -0.1) is 0 Å². The van der Waals surface area contributed by atoms with E-state index in [1.54, 1.807) is 24.3 Å². The van der Waals surface area contributed by atoms with Gasteiger partial charge in [0.25, 0.3) is 11.8 Å². The molecular formula is C29H33N3O2. The summed E-state index contributed by atoms with van der Waals surface area (Å²) in [7, 11) is 0. The predicted molar refractivity (Wildman–Crippen MR) is 137 cm³/mol. The zero-order valence-corrected chi connectivity index (χ0v) is 20.1. The quantitative estimate of drug-likeness (QED) is 0.376. The average molecular weight is 456 g/mol. The number of anilines is 1. The van der Waals surface area contributed by atoms with E-state index >= 15 is 0 Å². The molecule has 2 amide bonds. The van der Waals surface area contributed by atoms with E-state index in [2.05, 4.69) is 48.3 Å². The molecule has 0 bridgehead atoms. The van der Waals surface area contributed by atoms with Crippen LogP contribution in [-0.4, -0.2) is 34.7 Å².